The van der Waals surface area contributed by atoms with Crippen LogP contribution in [0.3, 0.4) is 0 Å². The van der Waals surface area contributed by atoms with Crippen molar-refractivity contribution in [3.8, 4) is 5.75 Å². The zero-order valence-electron chi connectivity index (χ0n) is 31.8. The standard InChI is InChI=1S/C39H41ClN10O8/c1-41-32(52)21-58-30-17-22-16-23(6-7-27(22)46(2)37(30)55)43-34-26(40)18-42-39(45-34)49-14-15-57-24(20-49)19-47-10-12-48(13-11-47)28-5-3-4-25-33(28)38(56)50(36(25)54)29-8-9-31(51)44-35(29)53/h3-7,16-18,24,29H,8-15,19-21H2,1-2H3,(H,41,52)(H,42,43,45)(H,44,51,53). The molecule has 8 rings (SSSR count). The van der Waals surface area contributed by atoms with Crippen molar-refractivity contribution < 1.29 is 33.4 Å². The predicted octanol–water partition coefficient (Wildman–Crippen LogP) is 1.28. The van der Waals surface area contributed by atoms with Gasteiger partial charge < -0.3 is 34.5 Å². The van der Waals surface area contributed by atoms with Gasteiger partial charge in [0.25, 0.3) is 23.3 Å². The summed E-state index contributed by atoms with van der Waals surface area (Å²) in [6, 6.07) is 11.2. The molecular weight excluding hydrogens is 772 g/mol. The number of hydrogen-bond donors (Lipinski definition) is 3. The van der Waals surface area contributed by atoms with Gasteiger partial charge >= 0.3 is 0 Å². The van der Waals surface area contributed by atoms with Gasteiger partial charge in [0.2, 0.25) is 17.8 Å². The number of halogens is 1. The predicted molar refractivity (Wildman–Crippen MR) is 213 cm³/mol. The van der Waals surface area contributed by atoms with E-state index in [1.54, 1.807) is 37.5 Å². The lowest BCUT2D eigenvalue weighted by Gasteiger charge is -2.40. The van der Waals surface area contributed by atoms with Gasteiger partial charge in [0.15, 0.2) is 18.2 Å². The van der Waals surface area contributed by atoms with Gasteiger partial charge in [0.05, 0.1) is 41.2 Å². The van der Waals surface area contributed by atoms with Crippen LogP contribution >= 0.6 is 11.6 Å². The Balaban J connectivity index is 0.897. The molecule has 5 amide bonds. The summed E-state index contributed by atoms with van der Waals surface area (Å²) in [4.78, 5) is 92.6. The number of morpholine rings is 1. The van der Waals surface area contributed by atoms with Crippen LogP contribution in [-0.2, 0) is 26.2 Å². The Morgan fingerprint density at radius 3 is 2.60 bits per heavy atom. The van der Waals surface area contributed by atoms with Crippen LogP contribution in [0, 0.1) is 0 Å². The number of nitrogens with zero attached hydrogens (tertiary/aromatic N) is 7. The molecule has 0 saturated carbocycles. The molecule has 3 fully saturated rings. The lowest BCUT2D eigenvalue weighted by molar-refractivity contribution is -0.136. The second-order valence-corrected chi connectivity index (χ2v) is 14.9. The molecule has 4 aromatic rings. The number of nitrogens with one attached hydrogen (secondary N) is 3. The monoisotopic (exact) mass is 812 g/mol. The van der Waals surface area contributed by atoms with Crippen molar-refractivity contribution in [3.05, 3.63) is 75.2 Å². The first-order valence-corrected chi connectivity index (χ1v) is 19.3. The van der Waals surface area contributed by atoms with Crippen molar-refractivity contribution in [2.75, 3.05) is 81.2 Å². The van der Waals surface area contributed by atoms with Crippen LogP contribution in [0.25, 0.3) is 10.9 Å². The molecule has 18 nitrogen and oxygen atoms in total. The summed E-state index contributed by atoms with van der Waals surface area (Å²) in [5.74, 6) is -1.50. The highest BCUT2D eigenvalue weighted by molar-refractivity contribution is 6.33. The fraction of sp³-hybridized carbons (Fsp3) is 0.385. The van der Waals surface area contributed by atoms with E-state index in [1.807, 2.05) is 18.2 Å². The van der Waals surface area contributed by atoms with E-state index < -0.39 is 29.7 Å². The molecule has 6 heterocycles. The third kappa shape index (κ3) is 7.52. The summed E-state index contributed by atoms with van der Waals surface area (Å²) in [6.07, 6.45) is 1.58. The van der Waals surface area contributed by atoms with E-state index in [2.05, 4.69) is 35.6 Å². The molecule has 19 heteroatoms. The van der Waals surface area contributed by atoms with Gasteiger partial charge in [-0.15, -0.1) is 0 Å². The number of benzene rings is 2. The number of hydrogen-bond acceptors (Lipinski definition) is 14. The highest BCUT2D eigenvalue weighted by Gasteiger charge is 2.46. The van der Waals surface area contributed by atoms with Crippen molar-refractivity contribution >= 4 is 75.2 Å². The fourth-order valence-corrected chi connectivity index (χ4v) is 7.95. The molecule has 2 aromatic carbocycles. The first-order chi connectivity index (χ1) is 28.0. The quantitative estimate of drug-likeness (QED) is 0.194. The summed E-state index contributed by atoms with van der Waals surface area (Å²) in [5.41, 5.74) is 2.18. The van der Waals surface area contributed by atoms with Crippen LogP contribution in [0.2, 0.25) is 5.02 Å². The number of rotatable bonds is 10. The van der Waals surface area contributed by atoms with E-state index in [-0.39, 0.29) is 48.3 Å². The zero-order valence-corrected chi connectivity index (χ0v) is 32.6. The molecule has 2 atom stereocenters. The summed E-state index contributed by atoms with van der Waals surface area (Å²) >= 11 is 6.56. The number of anilines is 4. The third-order valence-corrected chi connectivity index (χ3v) is 11.1. The topological polar surface area (TPSA) is 201 Å². The Morgan fingerprint density at radius 1 is 1.02 bits per heavy atom. The van der Waals surface area contributed by atoms with Crippen LogP contribution in [0.5, 0.6) is 5.75 Å². The maximum atomic E-state index is 13.7. The molecule has 4 aliphatic heterocycles. The van der Waals surface area contributed by atoms with E-state index in [0.717, 1.165) is 4.90 Å². The Kier molecular flexibility index (Phi) is 10.7. The number of carbonyl (C=O) groups excluding carboxylic acids is 5. The van der Waals surface area contributed by atoms with E-state index in [0.29, 0.717) is 97.1 Å². The average molecular weight is 813 g/mol. The highest BCUT2D eigenvalue weighted by atomic mass is 35.5. The largest absolute Gasteiger partial charge is 0.478 e. The molecule has 0 bridgehead atoms. The molecule has 0 aliphatic carbocycles. The van der Waals surface area contributed by atoms with Gasteiger partial charge in [-0.05, 0) is 42.8 Å². The Hall–Kier alpha value is -6.11. The minimum Gasteiger partial charge on any atom is -0.478 e. The van der Waals surface area contributed by atoms with E-state index in [1.165, 1.54) is 11.6 Å². The number of piperazine rings is 1. The molecule has 4 aliphatic rings. The Morgan fingerprint density at radius 2 is 1.83 bits per heavy atom. The van der Waals surface area contributed by atoms with Crippen molar-refractivity contribution in [3.63, 3.8) is 0 Å². The lowest BCUT2D eigenvalue weighted by atomic mass is 10.0. The van der Waals surface area contributed by atoms with Gasteiger partial charge in [0.1, 0.15) is 11.1 Å². The van der Waals surface area contributed by atoms with Crippen molar-refractivity contribution in [2.24, 2.45) is 7.05 Å². The smallest absolute Gasteiger partial charge is 0.293 e. The number of carbonyl (C=O) groups is 5. The van der Waals surface area contributed by atoms with Crippen LogP contribution < -0.4 is 36.0 Å². The van der Waals surface area contributed by atoms with Crippen molar-refractivity contribution in [1.29, 1.82) is 0 Å². The molecule has 302 valence electrons. The number of ether oxygens (including phenoxy) is 2. The SMILES string of the molecule is CNC(=O)COc1cc2cc(Nc3nc(N4CCOC(CN5CCN(c6cccc7c6C(=O)N(C6CCC(=O)NC6=O)C7=O)CC5)C4)ncc3Cl)ccc2n(C)c1=O. The minimum absolute atomic E-state index is 0.0514. The first kappa shape index (κ1) is 38.7. The number of imide groups is 2. The molecule has 58 heavy (non-hydrogen) atoms. The summed E-state index contributed by atoms with van der Waals surface area (Å²) in [7, 11) is 3.13. The lowest BCUT2D eigenvalue weighted by Crippen LogP contribution is -2.54. The number of piperidine rings is 1. The molecule has 3 saturated heterocycles. The second-order valence-electron chi connectivity index (χ2n) is 14.5. The molecule has 2 aromatic heterocycles. The number of aryl methyl sites for hydroxylation is 1. The summed E-state index contributed by atoms with van der Waals surface area (Å²) in [6.45, 7) is 4.57. The fourth-order valence-electron chi connectivity index (χ4n) is 7.82. The van der Waals surface area contributed by atoms with Gasteiger partial charge in [-0.3, -0.25) is 43.9 Å². The number of fused-ring (bicyclic) bond motifs is 2. The van der Waals surface area contributed by atoms with Gasteiger partial charge in [-0.1, -0.05) is 17.7 Å². The van der Waals surface area contributed by atoms with Crippen LogP contribution in [0.15, 0.2) is 53.5 Å². The highest BCUT2D eigenvalue weighted by Crippen LogP contribution is 2.35. The molecule has 2 unspecified atom stereocenters. The average Bonchev–Trinajstić information content (AvgIpc) is 3.48. The third-order valence-electron chi connectivity index (χ3n) is 10.9. The summed E-state index contributed by atoms with van der Waals surface area (Å²) < 4.78 is 13.1. The molecule has 3 N–H and O–H groups in total. The van der Waals surface area contributed by atoms with Gasteiger partial charge in [-0.25, -0.2) is 4.98 Å². The second kappa shape index (κ2) is 16.0. The number of aromatic nitrogens is 3. The molecule has 0 spiro atoms. The number of amides is 5. The van der Waals surface area contributed by atoms with Crippen LogP contribution in [0.4, 0.5) is 23.1 Å². The maximum Gasteiger partial charge on any atom is 0.293 e. The molecule has 0 radical (unpaired) electrons. The van der Waals surface area contributed by atoms with Crippen molar-refractivity contribution in [2.45, 2.75) is 25.0 Å². The Bertz CT molecular complexity index is 2400. The van der Waals surface area contributed by atoms with Crippen LogP contribution in [-0.4, -0.2) is 132 Å². The Labute approximate surface area is 337 Å². The zero-order chi connectivity index (χ0) is 40.7. The maximum absolute atomic E-state index is 13.7. The first-order valence-electron chi connectivity index (χ1n) is 18.9. The van der Waals surface area contributed by atoms with Crippen molar-refractivity contribution in [1.82, 2.24) is 35.0 Å². The normalized spacial score (nSPS) is 20.0. The van der Waals surface area contributed by atoms with E-state index >= 15 is 0 Å². The van der Waals surface area contributed by atoms with E-state index in [9.17, 15) is 28.8 Å². The molecular formula is C39H41ClN10O8. The van der Waals surface area contributed by atoms with Gasteiger partial charge in [0, 0.05) is 77.4 Å². The number of pyridine rings is 1. The summed E-state index contributed by atoms with van der Waals surface area (Å²) in [5, 5.41) is 9.01. The van der Waals surface area contributed by atoms with E-state index in [4.69, 9.17) is 26.1 Å². The van der Waals surface area contributed by atoms with Crippen LogP contribution in [0.1, 0.15) is 33.6 Å². The minimum atomic E-state index is -1.02. The number of likely N-dealkylation sites (N-methyl/N-ethyl adjacent to an activating group) is 1. The van der Waals surface area contributed by atoms with Gasteiger partial charge in [-0.2, -0.15) is 4.98 Å².